The third-order valence-electron chi connectivity index (χ3n) is 5.35. The molecule has 1 unspecified atom stereocenters. The molecule has 2 aromatic carbocycles. The second kappa shape index (κ2) is 6.77. The van der Waals surface area contributed by atoms with E-state index in [2.05, 4.69) is 55.3 Å². The highest BCUT2D eigenvalue weighted by molar-refractivity contribution is 6.30. The molecule has 29 heavy (non-hydrogen) atoms. The Morgan fingerprint density at radius 1 is 1.07 bits per heavy atom. The Balaban J connectivity index is 1.68. The van der Waals surface area contributed by atoms with E-state index in [1.165, 1.54) is 0 Å². The zero-order valence-corrected chi connectivity index (χ0v) is 17.2. The minimum absolute atomic E-state index is 0.189. The van der Waals surface area contributed by atoms with E-state index in [0.717, 1.165) is 51.7 Å². The Morgan fingerprint density at radius 3 is 2.59 bits per heavy atom. The number of hydrogen-bond donors (Lipinski definition) is 1. The second-order valence-electron chi connectivity index (χ2n) is 7.48. The molecule has 0 saturated carbocycles. The van der Waals surface area contributed by atoms with E-state index in [1.807, 2.05) is 38.1 Å². The zero-order chi connectivity index (χ0) is 20.1. The van der Waals surface area contributed by atoms with Crippen LogP contribution < -0.4 is 10.2 Å². The van der Waals surface area contributed by atoms with Crippen molar-refractivity contribution in [2.75, 3.05) is 11.4 Å². The van der Waals surface area contributed by atoms with Gasteiger partial charge in [-0.25, -0.2) is 0 Å². The number of halogens is 1. The Labute approximate surface area is 173 Å². The molecule has 5 rings (SSSR count). The molecule has 7 nitrogen and oxygen atoms in total. The zero-order valence-electron chi connectivity index (χ0n) is 16.4. The lowest BCUT2D eigenvalue weighted by molar-refractivity contribution is 0.0730. The highest BCUT2D eigenvalue weighted by atomic mass is 35.5. The lowest BCUT2D eigenvalue weighted by atomic mass is 10.1. The SMILES string of the molecule is CC1=NOC(c2ccc3c(c2)N(c2ccc(Cl)cc2)C[C@@H](C)c2nnc(C)n2-3)N1. The van der Waals surface area contributed by atoms with Crippen LogP contribution in [0.15, 0.2) is 47.6 Å². The molecule has 0 saturated heterocycles. The van der Waals surface area contributed by atoms with E-state index in [-0.39, 0.29) is 12.1 Å². The summed E-state index contributed by atoms with van der Waals surface area (Å²) in [7, 11) is 0. The van der Waals surface area contributed by atoms with Crippen molar-refractivity contribution in [1.29, 1.82) is 0 Å². The highest BCUT2D eigenvalue weighted by Gasteiger charge is 2.30. The van der Waals surface area contributed by atoms with E-state index >= 15 is 0 Å². The van der Waals surface area contributed by atoms with Crippen LogP contribution in [0, 0.1) is 6.92 Å². The third kappa shape index (κ3) is 3.02. The molecule has 8 heteroatoms. The van der Waals surface area contributed by atoms with Crippen molar-refractivity contribution in [3.05, 3.63) is 64.7 Å². The molecule has 0 radical (unpaired) electrons. The molecule has 0 spiro atoms. The summed E-state index contributed by atoms with van der Waals surface area (Å²) in [6.07, 6.45) is -0.297. The van der Waals surface area contributed by atoms with Gasteiger partial charge in [0, 0.05) is 28.7 Å². The van der Waals surface area contributed by atoms with Gasteiger partial charge in [-0.15, -0.1) is 10.2 Å². The maximum absolute atomic E-state index is 6.13. The van der Waals surface area contributed by atoms with E-state index in [0.29, 0.717) is 0 Å². The number of hydrogen-bond acceptors (Lipinski definition) is 6. The lowest BCUT2D eigenvalue weighted by Gasteiger charge is -2.27. The predicted molar refractivity (Wildman–Crippen MR) is 113 cm³/mol. The lowest BCUT2D eigenvalue weighted by Crippen LogP contribution is -2.23. The third-order valence-corrected chi connectivity index (χ3v) is 5.61. The van der Waals surface area contributed by atoms with Crippen LogP contribution in [0.25, 0.3) is 5.69 Å². The summed E-state index contributed by atoms with van der Waals surface area (Å²) in [5.74, 6) is 2.79. The molecule has 0 amide bonds. The van der Waals surface area contributed by atoms with Crippen molar-refractivity contribution in [3.8, 4) is 5.69 Å². The number of aromatic nitrogens is 3. The first-order valence-electron chi connectivity index (χ1n) is 9.57. The first kappa shape index (κ1) is 18.0. The van der Waals surface area contributed by atoms with Gasteiger partial charge in [-0.1, -0.05) is 29.7 Å². The van der Waals surface area contributed by atoms with Crippen molar-refractivity contribution in [2.24, 2.45) is 5.16 Å². The Hall–Kier alpha value is -3.06. The maximum Gasteiger partial charge on any atom is 0.224 e. The van der Waals surface area contributed by atoms with Crippen molar-refractivity contribution in [1.82, 2.24) is 20.1 Å². The fourth-order valence-electron chi connectivity index (χ4n) is 3.94. The van der Waals surface area contributed by atoms with E-state index in [4.69, 9.17) is 16.4 Å². The van der Waals surface area contributed by atoms with Crippen LogP contribution in [0.2, 0.25) is 5.02 Å². The Bertz CT molecular complexity index is 1110. The van der Waals surface area contributed by atoms with E-state index in [9.17, 15) is 0 Å². The van der Waals surface area contributed by atoms with Gasteiger partial charge in [-0.2, -0.15) is 0 Å². The van der Waals surface area contributed by atoms with Gasteiger partial charge in [-0.05, 0) is 50.2 Å². The summed E-state index contributed by atoms with van der Waals surface area (Å²) in [5, 5.41) is 16.8. The second-order valence-corrected chi connectivity index (χ2v) is 7.92. The number of rotatable bonds is 2. The summed E-state index contributed by atoms with van der Waals surface area (Å²) in [4.78, 5) is 7.84. The molecule has 3 heterocycles. The summed E-state index contributed by atoms with van der Waals surface area (Å²) in [6, 6.07) is 14.2. The van der Waals surface area contributed by atoms with Crippen LogP contribution in [0.5, 0.6) is 0 Å². The van der Waals surface area contributed by atoms with Gasteiger partial charge < -0.3 is 15.1 Å². The van der Waals surface area contributed by atoms with Gasteiger partial charge in [0.15, 0.2) is 0 Å². The quantitative estimate of drug-likeness (QED) is 0.679. The molecule has 0 bridgehead atoms. The standard InChI is InChI=1S/C21H21ClN6O/c1-12-11-27(17-7-5-16(22)6-8-17)19-10-15(21-23-13(2)26-29-21)4-9-18(19)28-14(3)24-25-20(12)28/h4-10,12,21H,11H2,1-3H3,(H,23,26)/t12-,21?/m1/s1. The van der Waals surface area contributed by atoms with Crippen LogP contribution in [-0.2, 0) is 4.84 Å². The molecule has 0 aliphatic carbocycles. The smallest absolute Gasteiger partial charge is 0.224 e. The molecule has 1 N–H and O–H groups in total. The molecule has 1 aromatic heterocycles. The summed E-state index contributed by atoms with van der Waals surface area (Å²) >= 11 is 6.13. The van der Waals surface area contributed by atoms with Gasteiger partial charge in [0.25, 0.3) is 0 Å². The summed E-state index contributed by atoms with van der Waals surface area (Å²) in [6.45, 7) is 6.81. The fourth-order valence-corrected chi connectivity index (χ4v) is 4.07. The highest BCUT2D eigenvalue weighted by Crippen LogP contribution is 2.40. The number of anilines is 2. The molecule has 148 valence electrons. The van der Waals surface area contributed by atoms with Gasteiger partial charge in [0.2, 0.25) is 6.23 Å². The number of nitrogens with one attached hydrogen (secondary N) is 1. The number of oxime groups is 1. The van der Waals surface area contributed by atoms with Crippen LogP contribution >= 0.6 is 11.6 Å². The number of benzene rings is 2. The van der Waals surface area contributed by atoms with Gasteiger partial charge in [0.1, 0.15) is 17.5 Å². The van der Waals surface area contributed by atoms with Crippen LogP contribution in [-0.4, -0.2) is 27.1 Å². The van der Waals surface area contributed by atoms with Gasteiger partial charge in [-0.3, -0.25) is 4.57 Å². The first-order chi connectivity index (χ1) is 14.0. The van der Waals surface area contributed by atoms with Crippen molar-refractivity contribution >= 4 is 28.8 Å². The summed E-state index contributed by atoms with van der Waals surface area (Å²) < 4.78 is 2.14. The maximum atomic E-state index is 6.13. The average molecular weight is 409 g/mol. The number of aryl methyl sites for hydroxylation is 1. The van der Waals surface area contributed by atoms with Crippen LogP contribution in [0.1, 0.15) is 43.2 Å². The molecular weight excluding hydrogens is 388 g/mol. The average Bonchev–Trinajstić information content (AvgIpc) is 3.29. The number of nitrogens with zero attached hydrogens (tertiary/aromatic N) is 5. The molecule has 2 aliphatic heterocycles. The van der Waals surface area contributed by atoms with Crippen molar-refractivity contribution in [2.45, 2.75) is 32.9 Å². The normalized spacial score (nSPS) is 20.3. The van der Waals surface area contributed by atoms with Crippen LogP contribution in [0.3, 0.4) is 0 Å². The summed E-state index contributed by atoms with van der Waals surface area (Å²) in [5.41, 5.74) is 4.18. The fraction of sp³-hybridized carbons (Fsp3) is 0.286. The van der Waals surface area contributed by atoms with E-state index in [1.54, 1.807) is 0 Å². The predicted octanol–water partition coefficient (Wildman–Crippen LogP) is 4.44. The monoisotopic (exact) mass is 408 g/mol. The minimum atomic E-state index is -0.297. The van der Waals surface area contributed by atoms with Gasteiger partial charge >= 0.3 is 0 Å². The number of amidine groups is 1. The number of fused-ring (bicyclic) bond motifs is 3. The van der Waals surface area contributed by atoms with Crippen molar-refractivity contribution < 1.29 is 4.84 Å². The van der Waals surface area contributed by atoms with Crippen LogP contribution in [0.4, 0.5) is 11.4 Å². The van der Waals surface area contributed by atoms with Crippen molar-refractivity contribution in [3.63, 3.8) is 0 Å². The molecule has 2 atom stereocenters. The molecule has 2 aliphatic rings. The molecule has 0 fully saturated rings. The first-order valence-corrected chi connectivity index (χ1v) is 9.95. The largest absolute Gasteiger partial charge is 0.364 e. The Kier molecular flexibility index (Phi) is 4.20. The minimum Gasteiger partial charge on any atom is -0.364 e. The molecule has 3 aromatic rings. The van der Waals surface area contributed by atoms with E-state index < -0.39 is 0 Å². The Morgan fingerprint density at radius 2 is 1.86 bits per heavy atom. The van der Waals surface area contributed by atoms with Gasteiger partial charge in [0.05, 0.1) is 11.4 Å². The molecular formula is C21H21ClN6O. The topological polar surface area (TPSA) is 67.6 Å².